The maximum atomic E-state index is 12.4. The van der Waals surface area contributed by atoms with Crippen LogP contribution in [-0.2, 0) is 0 Å². The lowest BCUT2D eigenvalue weighted by Gasteiger charge is -2.16. The van der Waals surface area contributed by atoms with Crippen LogP contribution in [-0.4, -0.2) is 36.0 Å². The number of nitrogens with zero attached hydrogens (tertiary/aromatic N) is 2. The van der Waals surface area contributed by atoms with Gasteiger partial charge < -0.3 is 9.64 Å². The molecule has 1 amide bonds. The molecule has 1 aromatic carbocycles. The Labute approximate surface area is 124 Å². The number of hydrogen-bond donors (Lipinski definition) is 0. The van der Waals surface area contributed by atoms with Crippen molar-refractivity contribution in [3.05, 3.63) is 59.9 Å². The summed E-state index contributed by atoms with van der Waals surface area (Å²) < 4.78 is 5.18. The molecule has 1 fully saturated rings. The first-order valence-corrected chi connectivity index (χ1v) is 7.12. The van der Waals surface area contributed by atoms with Gasteiger partial charge >= 0.3 is 0 Å². The number of rotatable bonds is 3. The van der Waals surface area contributed by atoms with E-state index in [2.05, 4.69) is 17.1 Å². The number of ether oxygens (including phenoxy) is 1. The average molecular weight is 282 g/mol. The molecule has 0 N–H and O–H groups in total. The summed E-state index contributed by atoms with van der Waals surface area (Å²) in [6.07, 6.45) is 2.65. The molecular weight excluding hydrogens is 264 g/mol. The first kappa shape index (κ1) is 13.6. The van der Waals surface area contributed by atoms with Gasteiger partial charge in [-0.05, 0) is 36.2 Å². The van der Waals surface area contributed by atoms with E-state index in [1.165, 1.54) is 5.56 Å². The van der Waals surface area contributed by atoms with Crippen molar-refractivity contribution in [2.45, 2.75) is 12.3 Å². The second-order valence-corrected chi connectivity index (χ2v) is 5.22. The van der Waals surface area contributed by atoms with Crippen LogP contribution in [0.15, 0.2) is 48.7 Å². The molecular formula is C17H18N2O2. The third kappa shape index (κ3) is 2.89. The summed E-state index contributed by atoms with van der Waals surface area (Å²) in [5.74, 6) is 1.27. The zero-order chi connectivity index (χ0) is 14.7. The minimum Gasteiger partial charge on any atom is -0.497 e. The van der Waals surface area contributed by atoms with Crippen molar-refractivity contribution in [1.82, 2.24) is 9.88 Å². The summed E-state index contributed by atoms with van der Waals surface area (Å²) in [4.78, 5) is 18.4. The van der Waals surface area contributed by atoms with Crippen LogP contribution in [0, 0.1) is 0 Å². The molecule has 4 heteroatoms. The van der Waals surface area contributed by atoms with Crippen LogP contribution >= 0.6 is 0 Å². The average Bonchev–Trinajstić information content (AvgIpc) is 3.05. The Hall–Kier alpha value is -2.36. The van der Waals surface area contributed by atoms with Gasteiger partial charge in [-0.1, -0.05) is 18.2 Å². The molecule has 1 saturated heterocycles. The Balaban J connectivity index is 1.69. The topological polar surface area (TPSA) is 42.4 Å². The Morgan fingerprint density at radius 3 is 2.71 bits per heavy atom. The number of amides is 1. The highest BCUT2D eigenvalue weighted by Crippen LogP contribution is 2.29. The van der Waals surface area contributed by atoms with Gasteiger partial charge in [-0.2, -0.15) is 0 Å². The molecule has 0 spiro atoms. The summed E-state index contributed by atoms with van der Waals surface area (Å²) in [5, 5.41) is 0. The van der Waals surface area contributed by atoms with Crippen molar-refractivity contribution in [3.8, 4) is 5.75 Å². The number of aromatic nitrogens is 1. The van der Waals surface area contributed by atoms with Crippen LogP contribution in [0.5, 0.6) is 5.75 Å². The number of benzene rings is 1. The standard InChI is InChI=1S/C17H18N2O2/c1-21-15-7-5-13(6-8-15)14-9-11-19(12-14)17(20)16-4-2-3-10-18-16/h2-8,10,14H,9,11-12H2,1H3/t14-/m1/s1. The number of methoxy groups -OCH3 is 1. The third-order valence-corrected chi connectivity index (χ3v) is 3.95. The lowest BCUT2D eigenvalue weighted by Crippen LogP contribution is -2.29. The minimum atomic E-state index is 0.0200. The van der Waals surface area contributed by atoms with Crippen LogP contribution in [0.1, 0.15) is 28.4 Å². The number of pyridine rings is 1. The van der Waals surface area contributed by atoms with Crippen LogP contribution in [0.2, 0.25) is 0 Å². The Bertz CT molecular complexity index is 610. The lowest BCUT2D eigenvalue weighted by molar-refractivity contribution is 0.0785. The molecule has 0 aliphatic carbocycles. The lowest BCUT2D eigenvalue weighted by atomic mass is 9.98. The van der Waals surface area contributed by atoms with E-state index >= 15 is 0 Å². The van der Waals surface area contributed by atoms with Crippen molar-refractivity contribution in [3.63, 3.8) is 0 Å². The SMILES string of the molecule is COc1ccc([C@@H]2CCN(C(=O)c3ccccn3)C2)cc1. The van der Waals surface area contributed by atoms with Crippen LogP contribution in [0.25, 0.3) is 0 Å². The van der Waals surface area contributed by atoms with E-state index in [9.17, 15) is 4.79 Å². The Morgan fingerprint density at radius 2 is 2.05 bits per heavy atom. The predicted octanol–water partition coefficient (Wildman–Crippen LogP) is 2.72. The van der Waals surface area contributed by atoms with Crippen LogP contribution in [0.3, 0.4) is 0 Å². The number of hydrogen-bond acceptors (Lipinski definition) is 3. The fraction of sp³-hybridized carbons (Fsp3) is 0.294. The van der Waals surface area contributed by atoms with Crippen LogP contribution in [0.4, 0.5) is 0 Å². The van der Waals surface area contributed by atoms with E-state index in [1.807, 2.05) is 29.2 Å². The van der Waals surface area contributed by atoms with E-state index in [4.69, 9.17) is 4.74 Å². The third-order valence-electron chi connectivity index (χ3n) is 3.95. The molecule has 0 radical (unpaired) electrons. The zero-order valence-electron chi connectivity index (χ0n) is 12.0. The number of carbonyl (C=O) groups is 1. The quantitative estimate of drug-likeness (QED) is 0.869. The molecule has 0 bridgehead atoms. The fourth-order valence-corrected chi connectivity index (χ4v) is 2.74. The van der Waals surface area contributed by atoms with Gasteiger partial charge in [0.2, 0.25) is 0 Å². The van der Waals surface area contributed by atoms with Gasteiger partial charge in [-0.25, -0.2) is 0 Å². The second kappa shape index (κ2) is 5.95. The Kier molecular flexibility index (Phi) is 3.86. The van der Waals surface area contributed by atoms with Crippen molar-refractivity contribution in [1.29, 1.82) is 0 Å². The molecule has 1 aliphatic rings. The van der Waals surface area contributed by atoms with Gasteiger partial charge in [0.15, 0.2) is 0 Å². The Morgan fingerprint density at radius 1 is 1.24 bits per heavy atom. The molecule has 4 nitrogen and oxygen atoms in total. The van der Waals surface area contributed by atoms with E-state index < -0.39 is 0 Å². The first-order valence-electron chi connectivity index (χ1n) is 7.12. The minimum absolute atomic E-state index is 0.0200. The number of likely N-dealkylation sites (tertiary alicyclic amines) is 1. The smallest absolute Gasteiger partial charge is 0.272 e. The van der Waals surface area contributed by atoms with Gasteiger partial charge in [0.05, 0.1) is 7.11 Å². The summed E-state index contributed by atoms with van der Waals surface area (Å²) >= 11 is 0. The molecule has 3 rings (SSSR count). The fourth-order valence-electron chi connectivity index (χ4n) is 2.74. The summed E-state index contributed by atoms with van der Waals surface area (Å²) in [6.45, 7) is 1.54. The van der Waals surface area contributed by atoms with Crippen molar-refractivity contribution in [2.75, 3.05) is 20.2 Å². The summed E-state index contributed by atoms with van der Waals surface area (Å²) in [7, 11) is 1.66. The normalized spacial score (nSPS) is 17.8. The number of carbonyl (C=O) groups excluding carboxylic acids is 1. The predicted molar refractivity (Wildman–Crippen MR) is 80.5 cm³/mol. The largest absolute Gasteiger partial charge is 0.497 e. The van der Waals surface area contributed by atoms with E-state index in [0.717, 1.165) is 25.3 Å². The van der Waals surface area contributed by atoms with E-state index in [0.29, 0.717) is 11.6 Å². The monoisotopic (exact) mass is 282 g/mol. The van der Waals surface area contributed by atoms with Gasteiger partial charge in [0.25, 0.3) is 5.91 Å². The molecule has 108 valence electrons. The first-order chi connectivity index (χ1) is 10.3. The molecule has 1 atom stereocenters. The van der Waals surface area contributed by atoms with Gasteiger partial charge in [-0.15, -0.1) is 0 Å². The molecule has 1 aliphatic heterocycles. The molecule has 2 heterocycles. The molecule has 21 heavy (non-hydrogen) atoms. The highest BCUT2D eigenvalue weighted by molar-refractivity contribution is 5.92. The molecule has 2 aromatic rings. The van der Waals surface area contributed by atoms with Crippen molar-refractivity contribution >= 4 is 5.91 Å². The van der Waals surface area contributed by atoms with Gasteiger partial charge in [0, 0.05) is 25.2 Å². The summed E-state index contributed by atoms with van der Waals surface area (Å²) in [6, 6.07) is 13.5. The maximum Gasteiger partial charge on any atom is 0.272 e. The van der Waals surface area contributed by atoms with E-state index in [1.54, 1.807) is 19.4 Å². The van der Waals surface area contributed by atoms with Crippen molar-refractivity contribution in [2.24, 2.45) is 0 Å². The van der Waals surface area contributed by atoms with E-state index in [-0.39, 0.29) is 5.91 Å². The van der Waals surface area contributed by atoms with Gasteiger partial charge in [-0.3, -0.25) is 9.78 Å². The molecule has 1 aromatic heterocycles. The highest BCUT2D eigenvalue weighted by atomic mass is 16.5. The van der Waals surface area contributed by atoms with Gasteiger partial charge in [0.1, 0.15) is 11.4 Å². The van der Waals surface area contributed by atoms with Crippen LogP contribution < -0.4 is 4.74 Å². The summed E-state index contributed by atoms with van der Waals surface area (Å²) in [5.41, 5.74) is 1.78. The van der Waals surface area contributed by atoms with Crippen molar-refractivity contribution < 1.29 is 9.53 Å². The maximum absolute atomic E-state index is 12.4. The molecule has 0 unspecified atom stereocenters. The zero-order valence-corrected chi connectivity index (χ0v) is 12.0. The second-order valence-electron chi connectivity index (χ2n) is 5.22. The molecule has 0 saturated carbocycles. The highest BCUT2D eigenvalue weighted by Gasteiger charge is 2.28.